The molecule has 0 spiro atoms. The highest BCUT2D eigenvalue weighted by atomic mass is 31.2. The van der Waals surface area contributed by atoms with E-state index in [-0.39, 0.29) is 12.1 Å². The highest BCUT2D eigenvalue weighted by Gasteiger charge is 2.31. The predicted octanol–water partition coefficient (Wildman–Crippen LogP) is 3.76. The Morgan fingerprint density at radius 1 is 1.07 bits per heavy atom. The summed E-state index contributed by atoms with van der Waals surface area (Å²) in [5.74, 6) is 0. The molecule has 0 aromatic rings. The third-order valence-corrected chi connectivity index (χ3v) is 5.73. The van der Waals surface area contributed by atoms with Crippen molar-refractivity contribution in [2.45, 2.75) is 39.8 Å². The fourth-order valence-corrected chi connectivity index (χ4v) is 5.12. The lowest BCUT2D eigenvalue weighted by molar-refractivity contribution is 0.301. The SMILES string of the molecule is C=CCP(=O)(CC=C)N(C(C)C)C(C)C. The largest absolute Gasteiger partial charge is 0.306 e. The Labute approximate surface area is 94.5 Å². The number of hydrogen-bond donors (Lipinski definition) is 0. The first-order valence-electron chi connectivity index (χ1n) is 5.47. The Morgan fingerprint density at radius 3 is 1.60 bits per heavy atom. The van der Waals surface area contributed by atoms with Gasteiger partial charge in [-0.2, -0.15) is 0 Å². The number of allylic oxidation sites excluding steroid dienone is 2. The van der Waals surface area contributed by atoms with E-state index < -0.39 is 7.29 Å². The van der Waals surface area contributed by atoms with E-state index >= 15 is 0 Å². The Balaban J connectivity index is 5.07. The van der Waals surface area contributed by atoms with Crippen molar-refractivity contribution in [2.75, 3.05) is 12.3 Å². The molecular formula is C12H24NOP. The Kier molecular flexibility index (Phi) is 6.16. The Bertz CT molecular complexity index is 236. The summed E-state index contributed by atoms with van der Waals surface area (Å²) in [7, 11) is -2.34. The molecule has 0 aliphatic rings. The van der Waals surface area contributed by atoms with E-state index in [1.807, 2.05) is 0 Å². The fourth-order valence-electron chi connectivity index (χ4n) is 2.10. The molecule has 0 radical (unpaired) electrons. The summed E-state index contributed by atoms with van der Waals surface area (Å²) in [6.45, 7) is 15.7. The van der Waals surface area contributed by atoms with Gasteiger partial charge in [0.05, 0.1) is 0 Å². The van der Waals surface area contributed by atoms with E-state index in [0.29, 0.717) is 12.3 Å². The summed E-state index contributed by atoms with van der Waals surface area (Å²) in [4.78, 5) is 0. The lowest BCUT2D eigenvalue weighted by atomic mass is 10.3. The van der Waals surface area contributed by atoms with Crippen LogP contribution in [-0.2, 0) is 4.57 Å². The van der Waals surface area contributed by atoms with Gasteiger partial charge in [-0.1, -0.05) is 12.2 Å². The molecule has 0 rings (SSSR count). The first kappa shape index (κ1) is 14.7. The maximum atomic E-state index is 12.8. The minimum absolute atomic E-state index is 0.288. The zero-order valence-electron chi connectivity index (χ0n) is 10.4. The van der Waals surface area contributed by atoms with E-state index in [4.69, 9.17) is 0 Å². The monoisotopic (exact) mass is 229 g/mol. The van der Waals surface area contributed by atoms with Crippen molar-refractivity contribution in [3.05, 3.63) is 25.3 Å². The van der Waals surface area contributed by atoms with Crippen LogP contribution in [0.3, 0.4) is 0 Å². The van der Waals surface area contributed by atoms with Gasteiger partial charge < -0.3 is 4.57 Å². The highest BCUT2D eigenvalue weighted by Crippen LogP contribution is 2.52. The van der Waals surface area contributed by atoms with Crippen molar-refractivity contribution in [3.8, 4) is 0 Å². The average molecular weight is 229 g/mol. The topological polar surface area (TPSA) is 20.3 Å². The second-order valence-corrected chi connectivity index (χ2v) is 7.24. The first-order chi connectivity index (χ1) is 6.89. The van der Waals surface area contributed by atoms with Gasteiger partial charge in [0, 0.05) is 24.4 Å². The molecule has 0 atom stereocenters. The third kappa shape index (κ3) is 3.96. The molecule has 0 N–H and O–H groups in total. The molecule has 0 heterocycles. The van der Waals surface area contributed by atoms with Crippen LogP contribution in [0.15, 0.2) is 25.3 Å². The van der Waals surface area contributed by atoms with Gasteiger partial charge in [0.2, 0.25) is 0 Å². The van der Waals surface area contributed by atoms with Gasteiger partial charge in [-0.15, -0.1) is 13.2 Å². The molecule has 15 heavy (non-hydrogen) atoms. The Morgan fingerprint density at radius 2 is 1.40 bits per heavy atom. The van der Waals surface area contributed by atoms with Crippen LogP contribution < -0.4 is 0 Å². The van der Waals surface area contributed by atoms with Gasteiger partial charge in [0.1, 0.15) is 0 Å². The van der Waals surface area contributed by atoms with E-state index in [1.165, 1.54) is 0 Å². The maximum absolute atomic E-state index is 12.8. The molecule has 88 valence electrons. The van der Waals surface area contributed by atoms with E-state index in [2.05, 4.69) is 45.5 Å². The van der Waals surface area contributed by atoms with Gasteiger partial charge in [-0.05, 0) is 27.7 Å². The van der Waals surface area contributed by atoms with Gasteiger partial charge in [0.25, 0.3) is 0 Å². The van der Waals surface area contributed by atoms with Crippen LogP contribution in [0.25, 0.3) is 0 Å². The van der Waals surface area contributed by atoms with Gasteiger partial charge >= 0.3 is 0 Å². The van der Waals surface area contributed by atoms with Crippen LogP contribution in [0.1, 0.15) is 27.7 Å². The van der Waals surface area contributed by atoms with Crippen LogP contribution in [0.2, 0.25) is 0 Å². The van der Waals surface area contributed by atoms with Crippen LogP contribution in [0.5, 0.6) is 0 Å². The second kappa shape index (κ2) is 6.30. The molecule has 0 fully saturated rings. The zero-order chi connectivity index (χ0) is 12.1. The molecule has 0 unspecified atom stereocenters. The smallest absolute Gasteiger partial charge is 0.158 e. The molecule has 0 aliphatic heterocycles. The standard InChI is InChI=1S/C12H24NOP/c1-7-9-15(14,10-8-2)13(11(3)4)12(5)6/h7-8,11-12H,1-2,9-10H2,3-6H3. The maximum Gasteiger partial charge on any atom is 0.158 e. The molecule has 3 heteroatoms. The first-order valence-corrected chi connectivity index (χ1v) is 7.50. The quantitative estimate of drug-likeness (QED) is 0.489. The molecule has 0 aromatic heterocycles. The van der Waals surface area contributed by atoms with Crippen LogP contribution in [0, 0.1) is 0 Å². The Hall–Kier alpha value is -0.330. The second-order valence-electron chi connectivity index (χ2n) is 4.36. The van der Waals surface area contributed by atoms with Gasteiger partial charge in [-0.3, -0.25) is 0 Å². The van der Waals surface area contributed by atoms with Crippen molar-refractivity contribution in [1.82, 2.24) is 4.67 Å². The van der Waals surface area contributed by atoms with Crippen molar-refractivity contribution >= 4 is 7.29 Å². The van der Waals surface area contributed by atoms with E-state index in [0.717, 1.165) is 0 Å². The summed E-state index contributed by atoms with van der Waals surface area (Å²) in [6.07, 6.45) is 4.63. The summed E-state index contributed by atoms with van der Waals surface area (Å²) in [5.41, 5.74) is 0. The fraction of sp³-hybridized carbons (Fsp3) is 0.667. The molecular weight excluding hydrogens is 205 g/mol. The van der Waals surface area contributed by atoms with Crippen molar-refractivity contribution < 1.29 is 4.57 Å². The summed E-state index contributed by atoms with van der Waals surface area (Å²) < 4.78 is 14.9. The van der Waals surface area contributed by atoms with Crippen LogP contribution in [-0.4, -0.2) is 29.1 Å². The molecule has 0 saturated heterocycles. The molecule has 0 aliphatic carbocycles. The average Bonchev–Trinajstić information content (AvgIpc) is 2.02. The predicted molar refractivity (Wildman–Crippen MR) is 69.8 cm³/mol. The van der Waals surface area contributed by atoms with Crippen molar-refractivity contribution in [3.63, 3.8) is 0 Å². The van der Waals surface area contributed by atoms with Crippen molar-refractivity contribution in [1.29, 1.82) is 0 Å². The van der Waals surface area contributed by atoms with Crippen molar-refractivity contribution in [2.24, 2.45) is 0 Å². The lowest BCUT2D eigenvalue weighted by Crippen LogP contribution is -2.35. The summed E-state index contributed by atoms with van der Waals surface area (Å²) in [6, 6.07) is 0.575. The van der Waals surface area contributed by atoms with Gasteiger partial charge in [-0.25, -0.2) is 4.67 Å². The van der Waals surface area contributed by atoms with Crippen LogP contribution >= 0.6 is 7.29 Å². The number of nitrogens with zero attached hydrogens (tertiary/aromatic N) is 1. The minimum Gasteiger partial charge on any atom is -0.306 e. The number of hydrogen-bond acceptors (Lipinski definition) is 1. The highest BCUT2D eigenvalue weighted by molar-refractivity contribution is 7.61. The normalized spacial score (nSPS) is 12.5. The minimum atomic E-state index is -2.34. The van der Waals surface area contributed by atoms with E-state index in [9.17, 15) is 4.57 Å². The molecule has 2 nitrogen and oxygen atoms in total. The lowest BCUT2D eigenvalue weighted by Gasteiger charge is -2.37. The number of rotatable bonds is 7. The van der Waals surface area contributed by atoms with E-state index in [1.54, 1.807) is 12.2 Å². The third-order valence-electron chi connectivity index (χ3n) is 2.31. The van der Waals surface area contributed by atoms with Crippen LogP contribution in [0.4, 0.5) is 0 Å². The zero-order valence-corrected chi connectivity index (χ0v) is 11.3. The summed E-state index contributed by atoms with van der Waals surface area (Å²) in [5, 5.41) is 0. The molecule has 0 aromatic carbocycles. The molecule has 0 bridgehead atoms. The summed E-state index contributed by atoms with van der Waals surface area (Å²) >= 11 is 0. The molecule has 0 saturated carbocycles. The molecule has 0 amide bonds. The van der Waals surface area contributed by atoms with Gasteiger partial charge in [0.15, 0.2) is 7.29 Å².